The Morgan fingerprint density at radius 2 is 1.76 bits per heavy atom. The maximum atomic E-state index is 12.8. The summed E-state index contributed by atoms with van der Waals surface area (Å²) < 4.78 is 11.7. The summed E-state index contributed by atoms with van der Waals surface area (Å²) in [5, 5.41) is 13.5. The summed E-state index contributed by atoms with van der Waals surface area (Å²) in [6.45, 7) is 1.98. The van der Waals surface area contributed by atoms with E-state index in [4.69, 9.17) is 14.5 Å². The number of nitriles is 1. The molecule has 3 aromatic carbocycles. The molecule has 186 valence electrons. The number of carbonyl (C=O) groups excluding carboxylic acids is 1. The molecule has 8 heteroatoms. The third-order valence-corrected chi connectivity index (χ3v) is 7.23. The van der Waals surface area contributed by atoms with Gasteiger partial charge < -0.3 is 14.8 Å². The van der Waals surface area contributed by atoms with E-state index in [0.717, 1.165) is 21.2 Å². The standard InChI is InChI=1S/C29H24BrN3O3S/c1-18-9-11-24(23(30)13-18)32-28(34)17-37-29-22(16-31)21(15-25(33-29)19-7-5-4-6-8-19)20-10-12-26(35-2)27(14-20)36-3/h4-15H,17H2,1-3H3,(H,32,34). The number of anilines is 1. The molecule has 0 aliphatic rings. The number of nitrogens with one attached hydrogen (secondary N) is 1. The van der Waals surface area contributed by atoms with Gasteiger partial charge in [-0.05, 0) is 64.3 Å². The lowest BCUT2D eigenvalue weighted by molar-refractivity contribution is -0.113. The van der Waals surface area contributed by atoms with Crippen LogP contribution in [0.4, 0.5) is 5.69 Å². The van der Waals surface area contributed by atoms with E-state index in [2.05, 4.69) is 27.3 Å². The number of amides is 1. The van der Waals surface area contributed by atoms with Crippen molar-refractivity contribution in [2.24, 2.45) is 0 Å². The van der Waals surface area contributed by atoms with Crippen LogP contribution in [-0.2, 0) is 4.79 Å². The molecule has 4 aromatic rings. The first kappa shape index (κ1) is 26.3. The lowest BCUT2D eigenvalue weighted by Gasteiger charge is -2.14. The van der Waals surface area contributed by atoms with E-state index in [9.17, 15) is 10.1 Å². The summed E-state index contributed by atoms with van der Waals surface area (Å²) in [5.41, 5.74) is 5.25. The van der Waals surface area contributed by atoms with Crippen molar-refractivity contribution in [3.05, 3.63) is 88.4 Å². The van der Waals surface area contributed by atoms with Crippen LogP contribution in [-0.4, -0.2) is 30.9 Å². The van der Waals surface area contributed by atoms with Gasteiger partial charge in [0.15, 0.2) is 11.5 Å². The number of rotatable bonds is 8. The molecule has 4 rings (SSSR count). The number of pyridine rings is 1. The molecule has 0 aliphatic carbocycles. The number of aryl methyl sites for hydroxylation is 1. The number of aromatic nitrogens is 1. The van der Waals surface area contributed by atoms with E-state index < -0.39 is 0 Å². The minimum absolute atomic E-state index is 0.0889. The number of nitrogens with zero attached hydrogens (tertiary/aromatic N) is 2. The van der Waals surface area contributed by atoms with Crippen LogP contribution in [0.15, 0.2) is 82.3 Å². The van der Waals surface area contributed by atoms with Crippen molar-refractivity contribution < 1.29 is 14.3 Å². The van der Waals surface area contributed by atoms with Gasteiger partial charge in [-0.2, -0.15) is 5.26 Å². The summed E-state index contributed by atoms with van der Waals surface area (Å²) in [4.78, 5) is 17.6. The van der Waals surface area contributed by atoms with Crippen LogP contribution in [0.2, 0.25) is 0 Å². The van der Waals surface area contributed by atoms with Gasteiger partial charge in [-0.15, -0.1) is 0 Å². The average molecular weight is 575 g/mol. The fraction of sp³-hybridized carbons (Fsp3) is 0.138. The first-order valence-electron chi connectivity index (χ1n) is 11.3. The molecule has 37 heavy (non-hydrogen) atoms. The Kier molecular flexibility index (Phi) is 8.49. The zero-order valence-electron chi connectivity index (χ0n) is 20.5. The van der Waals surface area contributed by atoms with Gasteiger partial charge in [0.25, 0.3) is 0 Å². The molecule has 1 amide bonds. The third-order valence-electron chi connectivity index (χ3n) is 5.60. The first-order chi connectivity index (χ1) is 17.9. The van der Waals surface area contributed by atoms with Gasteiger partial charge in [0.2, 0.25) is 5.91 Å². The quantitative estimate of drug-likeness (QED) is 0.226. The molecular weight excluding hydrogens is 550 g/mol. The third kappa shape index (κ3) is 6.13. The van der Waals surface area contributed by atoms with Crippen molar-refractivity contribution >= 4 is 39.3 Å². The summed E-state index contributed by atoms with van der Waals surface area (Å²) in [6.07, 6.45) is 0. The highest BCUT2D eigenvalue weighted by molar-refractivity contribution is 9.10. The zero-order chi connectivity index (χ0) is 26.4. The Labute approximate surface area is 228 Å². The molecule has 0 saturated heterocycles. The van der Waals surface area contributed by atoms with Crippen molar-refractivity contribution in [2.75, 3.05) is 25.3 Å². The summed E-state index contributed by atoms with van der Waals surface area (Å²) >= 11 is 4.72. The van der Waals surface area contributed by atoms with Crippen molar-refractivity contribution in [3.8, 4) is 40.0 Å². The van der Waals surface area contributed by atoms with Crippen LogP contribution in [0, 0.1) is 18.3 Å². The first-order valence-corrected chi connectivity index (χ1v) is 13.1. The molecule has 0 radical (unpaired) electrons. The molecule has 6 nitrogen and oxygen atoms in total. The molecule has 0 saturated carbocycles. The summed E-state index contributed by atoms with van der Waals surface area (Å²) in [7, 11) is 3.15. The number of benzene rings is 3. The maximum absolute atomic E-state index is 12.8. The minimum Gasteiger partial charge on any atom is -0.493 e. The van der Waals surface area contributed by atoms with E-state index in [1.807, 2.05) is 73.7 Å². The number of halogens is 1. The number of ether oxygens (including phenoxy) is 2. The molecule has 0 atom stereocenters. The van der Waals surface area contributed by atoms with Crippen molar-refractivity contribution in [1.82, 2.24) is 4.98 Å². The fourth-order valence-electron chi connectivity index (χ4n) is 3.76. The van der Waals surface area contributed by atoms with Gasteiger partial charge in [-0.1, -0.05) is 54.2 Å². The van der Waals surface area contributed by atoms with Crippen LogP contribution >= 0.6 is 27.7 Å². The molecular formula is C29H24BrN3O3S. The van der Waals surface area contributed by atoms with E-state index in [0.29, 0.717) is 39.0 Å². The predicted molar refractivity (Wildman–Crippen MR) is 151 cm³/mol. The Morgan fingerprint density at radius 1 is 1.00 bits per heavy atom. The van der Waals surface area contributed by atoms with Gasteiger partial charge in [-0.25, -0.2) is 4.98 Å². The van der Waals surface area contributed by atoms with E-state index in [1.165, 1.54) is 11.8 Å². The second-order valence-corrected chi connectivity index (χ2v) is 9.92. The predicted octanol–water partition coefficient (Wildman–Crippen LogP) is 7.11. The lowest BCUT2D eigenvalue weighted by atomic mass is 9.99. The highest BCUT2D eigenvalue weighted by Crippen LogP contribution is 2.38. The molecule has 1 N–H and O–H groups in total. The maximum Gasteiger partial charge on any atom is 0.234 e. The minimum atomic E-state index is -0.196. The van der Waals surface area contributed by atoms with Gasteiger partial charge in [-0.3, -0.25) is 4.79 Å². The van der Waals surface area contributed by atoms with Crippen molar-refractivity contribution in [2.45, 2.75) is 11.9 Å². The second-order valence-electron chi connectivity index (χ2n) is 8.10. The Balaban J connectivity index is 1.72. The Hall–Kier alpha value is -3.80. The van der Waals surface area contributed by atoms with E-state index in [-0.39, 0.29) is 11.7 Å². The molecule has 0 spiro atoms. The fourth-order valence-corrected chi connectivity index (χ4v) is 5.16. The number of carbonyl (C=O) groups is 1. The van der Waals surface area contributed by atoms with Gasteiger partial charge >= 0.3 is 0 Å². The molecule has 0 fully saturated rings. The molecule has 1 heterocycles. The van der Waals surface area contributed by atoms with Crippen LogP contribution in [0.5, 0.6) is 11.5 Å². The molecule has 0 bridgehead atoms. The monoisotopic (exact) mass is 573 g/mol. The number of methoxy groups -OCH3 is 2. The van der Waals surface area contributed by atoms with Crippen LogP contribution in [0.1, 0.15) is 11.1 Å². The SMILES string of the molecule is COc1ccc(-c2cc(-c3ccccc3)nc(SCC(=O)Nc3ccc(C)cc3Br)c2C#N)cc1OC. The average Bonchev–Trinajstić information content (AvgIpc) is 2.93. The topological polar surface area (TPSA) is 84.2 Å². The molecule has 0 unspecified atom stereocenters. The van der Waals surface area contributed by atoms with Crippen molar-refractivity contribution in [1.29, 1.82) is 5.26 Å². The smallest absolute Gasteiger partial charge is 0.234 e. The Bertz CT molecular complexity index is 1490. The van der Waals surface area contributed by atoms with Crippen LogP contribution in [0.25, 0.3) is 22.4 Å². The van der Waals surface area contributed by atoms with Crippen LogP contribution in [0.3, 0.4) is 0 Å². The molecule has 1 aromatic heterocycles. The van der Waals surface area contributed by atoms with Crippen molar-refractivity contribution in [3.63, 3.8) is 0 Å². The lowest BCUT2D eigenvalue weighted by Crippen LogP contribution is -2.14. The van der Waals surface area contributed by atoms with E-state index in [1.54, 1.807) is 20.3 Å². The summed E-state index contributed by atoms with van der Waals surface area (Å²) in [6, 6.07) is 25.2. The number of thioether (sulfide) groups is 1. The van der Waals surface area contributed by atoms with Gasteiger partial charge in [0.05, 0.1) is 36.9 Å². The number of hydrogen-bond acceptors (Lipinski definition) is 6. The van der Waals surface area contributed by atoms with Gasteiger partial charge in [0, 0.05) is 15.6 Å². The van der Waals surface area contributed by atoms with Gasteiger partial charge in [0.1, 0.15) is 11.1 Å². The highest BCUT2D eigenvalue weighted by atomic mass is 79.9. The Morgan fingerprint density at radius 3 is 2.43 bits per heavy atom. The zero-order valence-corrected chi connectivity index (χ0v) is 22.9. The highest BCUT2D eigenvalue weighted by Gasteiger charge is 2.18. The molecule has 0 aliphatic heterocycles. The number of hydrogen-bond donors (Lipinski definition) is 1. The second kappa shape index (κ2) is 12.0. The normalized spacial score (nSPS) is 10.5. The largest absolute Gasteiger partial charge is 0.493 e. The summed E-state index contributed by atoms with van der Waals surface area (Å²) in [5.74, 6) is 1.04. The van der Waals surface area contributed by atoms with E-state index >= 15 is 0 Å². The van der Waals surface area contributed by atoms with Crippen LogP contribution < -0.4 is 14.8 Å².